The van der Waals surface area contributed by atoms with E-state index in [2.05, 4.69) is 9.97 Å². The largest absolute Gasteiger partial charge is 0.418 e. The molecule has 0 atom stereocenters. The molecule has 0 saturated carbocycles. The Balaban J connectivity index is 1.78. The van der Waals surface area contributed by atoms with E-state index in [1.54, 1.807) is 22.8 Å². The van der Waals surface area contributed by atoms with Gasteiger partial charge >= 0.3 is 6.18 Å². The summed E-state index contributed by atoms with van der Waals surface area (Å²) in [7, 11) is 0. The fourth-order valence-corrected chi connectivity index (χ4v) is 3.82. The molecule has 0 unspecified atom stereocenters. The normalized spacial score (nSPS) is 12.0. The number of thiophene rings is 1. The van der Waals surface area contributed by atoms with Gasteiger partial charge in [-0.2, -0.15) is 13.2 Å². The van der Waals surface area contributed by atoms with Crippen LogP contribution in [0.5, 0.6) is 0 Å². The van der Waals surface area contributed by atoms with Gasteiger partial charge in [0.2, 0.25) is 0 Å². The Kier molecular flexibility index (Phi) is 4.65. The standard InChI is InChI=1S/C19H13ClF3N3S/c20-14-5-2-1-4-12(14)7-8-26-11-24-17-13(19(21,22)23)10-15(25-18(17)26)16-6-3-9-27-16/h1-6,9-11H,7-8H2. The van der Waals surface area contributed by atoms with Gasteiger partial charge in [0.25, 0.3) is 0 Å². The lowest BCUT2D eigenvalue weighted by atomic mass is 10.1. The number of pyridine rings is 1. The van der Waals surface area contributed by atoms with Crippen molar-refractivity contribution in [2.75, 3.05) is 0 Å². The first-order valence-electron chi connectivity index (χ1n) is 8.14. The van der Waals surface area contributed by atoms with Crippen molar-refractivity contribution in [1.82, 2.24) is 14.5 Å². The number of rotatable bonds is 4. The Morgan fingerprint density at radius 2 is 1.93 bits per heavy atom. The summed E-state index contributed by atoms with van der Waals surface area (Å²) in [5.74, 6) is 0. The van der Waals surface area contributed by atoms with Crippen LogP contribution in [0.3, 0.4) is 0 Å². The third-order valence-corrected chi connectivity index (χ3v) is 5.49. The van der Waals surface area contributed by atoms with E-state index < -0.39 is 11.7 Å². The van der Waals surface area contributed by atoms with Gasteiger partial charge in [0.1, 0.15) is 5.52 Å². The van der Waals surface area contributed by atoms with Gasteiger partial charge in [-0.25, -0.2) is 9.97 Å². The summed E-state index contributed by atoms with van der Waals surface area (Å²) in [5.41, 5.74) is 0.533. The molecule has 4 aromatic rings. The quantitative estimate of drug-likeness (QED) is 0.410. The maximum atomic E-state index is 13.6. The zero-order chi connectivity index (χ0) is 19.0. The molecule has 0 N–H and O–H groups in total. The molecule has 3 nitrogen and oxygen atoms in total. The van der Waals surface area contributed by atoms with E-state index in [1.807, 2.05) is 23.6 Å². The Morgan fingerprint density at radius 1 is 1.11 bits per heavy atom. The molecule has 4 rings (SSSR count). The summed E-state index contributed by atoms with van der Waals surface area (Å²) in [6.07, 6.45) is -2.53. The molecule has 3 aromatic heterocycles. The monoisotopic (exact) mass is 407 g/mol. The first kappa shape index (κ1) is 18.0. The van der Waals surface area contributed by atoms with Crippen LogP contribution in [-0.4, -0.2) is 14.5 Å². The van der Waals surface area contributed by atoms with E-state index >= 15 is 0 Å². The van der Waals surface area contributed by atoms with Crippen molar-refractivity contribution in [2.45, 2.75) is 19.1 Å². The summed E-state index contributed by atoms with van der Waals surface area (Å²) in [6.45, 7) is 0.429. The number of hydrogen-bond donors (Lipinski definition) is 0. The summed E-state index contributed by atoms with van der Waals surface area (Å²) in [5, 5.41) is 2.44. The van der Waals surface area contributed by atoms with Crippen LogP contribution in [-0.2, 0) is 19.1 Å². The average Bonchev–Trinajstić information content (AvgIpc) is 3.29. The van der Waals surface area contributed by atoms with Crippen molar-refractivity contribution < 1.29 is 13.2 Å². The highest BCUT2D eigenvalue weighted by molar-refractivity contribution is 7.13. The van der Waals surface area contributed by atoms with Crippen LogP contribution in [0.4, 0.5) is 13.2 Å². The van der Waals surface area contributed by atoms with Gasteiger partial charge in [0.15, 0.2) is 5.65 Å². The van der Waals surface area contributed by atoms with E-state index in [-0.39, 0.29) is 11.2 Å². The Hall–Kier alpha value is -2.38. The number of hydrogen-bond acceptors (Lipinski definition) is 3. The third kappa shape index (κ3) is 3.57. The number of imidazole rings is 1. The maximum absolute atomic E-state index is 13.6. The van der Waals surface area contributed by atoms with E-state index in [9.17, 15) is 13.2 Å². The predicted molar refractivity (Wildman–Crippen MR) is 101 cm³/mol. The summed E-state index contributed by atoms with van der Waals surface area (Å²) in [4.78, 5) is 9.14. The minimum absolute atomic E-state index is 0.137. The fourth-order valence-electron chi connectivity index (χ4n) is 2.91. The minimum atomic E-state index is -4.50. The topological polar surface area (TPSA) is 30.7 Å². The lowest BCUT2D eigenvalue weighted by molar-refractivity contribution is -0.136. The van der Waals surface area contributed by atoms with Crippen molar-refractivity contribution in [1.29, 1.82) is 0 Å². The molecule has 0 amide bonds. The summed E-state index contributed by atoms with van der Waals surface area (Å²) < 4.78 is 42.3. The summed E-state index contributed by atoms with van der Waals surface area (Å²) >= 11 is 7.52. The van der Waals surface area contributed by atoms with E-state index in [0.29, 0.717) is 28.6 Å². The second kappa shape index (κ2) is 6.98. The highest BCUT2D eigenvalue weighted by atomic mass is 35.5. The smallest absolute Gasteiger partial charge is 0.315 e. The molecule has 27 heavy (non-hydrogen) atoms. The van der Waals surface area contributed by atoms with Crippen LogP contribution in [0, 0.1) is 0 Å². The first-order valence-corrected chi connectivity index (χ1v) is 9.39. The first-order chi connectivity index (χ1) is 12.9. The number of benzene rings is 1. The maximum Gasteiger partial charge on any atom is 0.418 e. The Morgan fingerprint density at radius 3 is 2.63 bits per heavy atom. The second-order valence-corrected chi connectivity index (χ2v) is 7.34. The Bertz CT molecular complexity index is 1090. The third-order valence-electron chi connectivity index (χ3n) is 4.23. The fraction of sp³-hybridized carbons (Fsp3) is 0.158. The van der Waals surface area contributed by atoms with Crippen LogP contribution in [0.1, 0.15) is 11.1 Å². The van der Waals surface area contributed by atoms with E-state index in [0.717, 1.165) is 11.6 Å². The van der Waals surface area contributed by atoms with Crippen molar-refractivity contribution in [3.05, 3.63) is 70.3 Å². The molecule has 0 spiro atoms. The van der Waals surface area contributed by atoms with Crippen molar-refractivity contribution >= 4 is 34.1 Å². The van der Waals surface area contributed by atoms with E-state index in [1.165, 1.54) is 17.7 Å². The molecule has 0 bridgehead atoms. The van der Waals surface area contributed by atoms with Crippen molar-refractivity contribution in [3.63, 3.8) is 0 Å². The van der Waals surface area contributed by atoms with Gasteiger partial charge in [0.05, 0.1) is 22.5 Å². The van der Waals surface area contributed by atoms with Crippen LogP contribution in [0.15, 0.2) is 54.2 Å². The number of halogens is 4. The highest BCUT2D eigenvalue weighted by Gasteiger charge is 2.35. The van der Waals surface area contributed by atoms with Crippen LogP contribution >= 0.6 is 22.9 Å². The average molecular weight is 408 g/mol. The molecule has 1 aromatic carbocycles. The van der Waals surface area contributed by atoms with Gasteiger partial charge in [-0.05, 0) is 35.6 Å². The number of aryl methyl sites for hydroxylation is 2. The van der Waals surface area contributed by atoms with Crippen LogP contribution < -0.4 is 0 Å². The molecular formula is C19H13ClF3N3S. The molecule has 0 aliphatic carbocycles. The number of nitrogens with zero attached hydrogens (tertiary/aromatic N) is 3. The molecule has 0 aliphatic rings. The molecule has 0 saturated heterocycles. The molecule has 0 fully saturated rings. The minimum Gasteiger partial charge on any atom is -0.315 e. The van der Waals surface area contributed by atoms with Gasteiger partial charge in [-0.15, -0.1) is 11.3 Å². The van der Waals surface area contributed by atoms with Gasteiger partial charge < -0.3 is 4.57 Å². The van der Waals surface area contributed by atoms with Gasteiger partial charge in [0, 0.05) is 11.6 Å². The molecule has 0 aliphatic heterocycles. The zero-order valence-electron chi connectivity index (χ0n) is 13.9. The van der Waals surface area contributed by atoms with Crippen LogP contribution in [0.25, 0.3) is 21.7 Å². The SMILES string of the molecule is FC(F)(F)c1cc(-c2cccs2)nc2c1ncn2CCc1ccccc1Cl. The lowest BCUT2D eigenvalue weighted by Crippen LogP contribution is -2.08. The predicted octanol–water partition coefficient (Wildman–Crippen LogP) is 6.07. The molecule has 138 valence electrons. The van der Waals surface area contributed by atoms with Crippen molar-refractivity contribution in [3.8, 4) is 10.6 Å². The van der Waals surface area contributed by atoms with Crippen molar-refractivity contribution in [2.24, 2.45) is 0 Å². The summed E-state index contributed by atoms with van der Waals surface area (Å²) in [6, 6.07) is 12.0. The molecule has 3 heterocycles. The lowest BCUT2D eigenvalue weighted by Gasteiger charge is -2.11. The number of alkyl halides is 3. The van der Waals surface area contributed by atoms with Gasteiger partial charge in [-0.3, -0.25) is 0 Å². The number of aromatic nitrogens is 3. The van der Waals surface area contributed by atoms with E-state index in [4.69, 9.17) is 11.6 Å². The number of fused-ring (bicyclic) bond motifs is 1. The highest BCUT2D eigenvalue weighted by Crippen LogP contribution is 2.37. The van der Waals surface area contributed by atoms with Gasteiger partial charge in [-0.1, -0.05) is 35.9 Å². The molecule has 8 heteroatoms. The van der Waals surface area contributed by atoms with Crippen LogP contribution in [0.2, 0.25) is 5.02 Å². The Labute approximate surface area is 162 Å². The molecular weight excluding hydrogens is 395 g/mol. The molecule has 0 radical (unpaired) electrons. The zero-order valence-corrected chi connectivity index (χ0v) is 15.4. The second-order valence-electron chi connectivity index (χ2n) is 5.98.